The first kappa shape index (κ1) is 12.5. The highest BCUT2D eigenvalue weighted by Crippen LogP contribution is 1.81. The highest BCUT2D eigenvalue weighted by Gasteiger charge is 1.90. The van der Waals surface area contributed by atoms with E-state index in [-0.39, 0.29) is 18.0 Å². The Labute approximate surface area is 65.2 Å². The Balaban J connectivity index is 0. The van der Waals surface area contributed by atoms with E-state index < -0.39 is 5.97 Å². The molecule has 0 aromatic heterocycles. The van der Waals surface area contributed by atoms with Gasteiger partial charge in [-0.05, 0) is 13.8 Å². The lowest BCUT2D eigenvalue weighted by atomic mass is 10.4. The number of carboxylic acids is 1. The van der Waals surface area contributed by atoms with Gasteiger partial charge >= 0.3 is 5.97 Å². The van der Waals surface area contributed by atoms with Crippen LogP contribution < -0.4 is 0 Å². The minimum Gasteiger partial charge on any atom is -0.478 e. The number of carbonyl (C=O) groups excluding carboxylic acids is 1. The Morgan fingerprint density at radius 1 is 1.36 bits per heavy atom. The van der Waals surface area contributed by atoms with Crippen LogP contribution in [0.25, 0.3) is 0 Å². The van der Waals surface area contributed by atoms with Crippen molar-refractivity contribution in [2.45, 2.75) is 13.8 Å². The Morgan fingerprint density at radius 3 is 1.55 bits per heavy atom. The molecule has 11 heavy (non-hydrogen) atoms. The zero-order valence-electron chi connectivity index (χ0n) is 6.63. The number of aliphatic carboxylic acids is 1. The second-order valence-electron chi connectivity index (χ2n) is 1.95. The number of ketones is 1. The first-order chi connectivity index (χ1) is 4.91. The first-order valence-electron chi connectivity index (χ1n) is 2.91. The minimum absolute atomic E-state index is 0.176. The molecular weight excluding hydrogens is 148 g/mol. The van der Waals surface area contributed by atoms with Gasteiger partial charge in [-0.15, -0.1) is 0 Å². The van der Waals surface area contributed by atoms with Crippen LogP contribution in [0.2, 0.25) is 0 Å². The summed E-state index contributed by atoms with van der Waals surface area (Å²) in [6.07, 6.45) is 0. The Morgan fingerprint density at radius 2 is 1.55 bits per heavy atom. The van der Waals surface area contributed by atoms with Crippen molar-refractivity contribution in [1.29, 1.82) is 0 Å². The van der Waals surface area contributed by atoms with E-state index in [9.17, 15) is 9.59 Å². The fourth-order valence-electron chi connectivity index (χ4n) is 0. The summed E-state index contributed by atoms with van der Waals surface area (Å²) in [5.41, 5.74) is 0.176. The third-order valence-corrected chi connectivity index (χ3v) is 0.588. The molecule has 4 heteroatoms. The standard InChI is InChI=1S/C4H6O2.C3H6O2/c1-3(2)4(5)6;1-3(5)2-4/h1H2,2H3,(H,5,6);4H,2H2,1H3. The van der Waals surface area contributed by atoms with E-state index in [0.29, 0.717) is 0 Å². The molecule has 4 nitrogen and oxygen atoms in total. The van der Waals surface area contributed by atoms with E-state index in [1.54, 1.807) is 0 Å². The van der Waals surface area contributed by atoms with Crippen molar-refractivity contribution in [3.8, 4) is 0 Å². The average molecular weight is 160 g/mol. The van der Waals surface area contributed by atoms with Crippen molar-refractivity contribution < 1.29 is 19.8 Å². The van der Waals surface area contributed by atoms with Gasteiger partial charge < -0.3 is 10.2 Å². The van der Waals surface area contributed by atoms with E-state index in [2.05, 4.69) is 6.58 Å². The Kier molecular flexibility index (Phi) is 7.91. The van der Waals surface area contributed by atoms with Gasteiger partial charge in [-0.1, -0.05) is 6.58 Å². The molecule has 0 bridgehead atoms. The summed E-state index contributed by atoms with van der Waals surface area (Å²) in [6.45, 7) is 5.60. The normalized spacial score (nSPS) is 7.55. The van der Waals surface area contributed by atoms with Gasteiger partial charge in [0, 0.05) is 5.57 Å². The number of hydrogen-bond donors (Lipinski definition) is 2. The quantitative estimate of drug-likeness (QED) is 0.566. The molecule has 64 valence electrons. The number of aliphatic hydroxyl groups is 1. The van der Waals surface area contributed by atoms with E-state index in [0.717, 1.165) is 0 Å². The molecule has 0 spiro atoms. The summed E-state index contributed by atoms with van der Waals surface area (Å²) in [7, 11) is 0. The molecule has 0 unspecified atom stereocenters. The molecule has 0 aromatic rings. The minimum atomic E-state index is -0.935. The molecule has 0 saturated carbocycles. The number of aliphatic hydroxyl groups excluding tert-OH is 1. The van der Waals surface area contributed by atoms with Crippen molar-refractivity contribution in [3.05, 3.63) is 12.2 Å². The molecule has 0 aliphatic heterocycles. The highest BCUT2D eigenvalue weighted by atomic mass is 16.4. The molecule has 0 amide bonds. The van der Waals surface area contributed by atoms with Crippen LogP contribution in [-0.2, 0) is 9.59 Å². The smallest absolute Gasteiger partial charge is 0.330 e. The van der Waals surface area contributed by atoms with Gasteiger partial charge in [-0.25, -0.2) is 4.79 Å². The Hall–Kier alpha value is -1.16. The van der Waals surface area contributed by atoms with Crippen LogP contribution in [0, 0.1) is 0 Å². The van der Waals surface area contributed by atoms with Crippen LogP contribution in [0.5, 0.6) is 0 Å². The lowest BCUT2D eigenvalue weighted by molar-refractivity contribution is -0.132. The van der Waals surface area contributed by atoms with Crippen LogP contribution in [0.15, 0.2) is 12.2 Å². The number of Topliss-reactive ketones (excluding diaryl/α,β-unsaturated/α-hetero) is 1. The van der Waals surface area contributed by atoms with E-state index >= 15 is 0 Å². The summed E-state index contributed by atoms with van der Waals surface area (Å²) >= 11 is 0. The van der Waals surface area contributed by atoms with Crippen LogP contribution in [0.1, 0.15) is 13.8 Å². The number of carbonyl (C=O) groups is 2. The van der Waals surface area contributed by atoms with Gasteiger partial charge in [-0.3, -0.25) is 4.79 Å². The van der Waals surface area contributed by atoms with E-state index in [1.165, 1.54) is 13.8 Å². The summed E-state index contributed by atoms with van der Waals surface area (Å²) in [6, 6.07) is 0. The van der Waals surface area contributed by atoms with Gasteiger partial charge in [0.15, 0.2) is 5.78 Å². The highest BCUT2D eigenvalue weighted by molar-refractivity contribution is 5.84. The fraction of sp³-hybridized carbons (Fsp3) is 0.429. The summed E-state index contributed by atoms with van der Waals surface area (Å²) in [4.78, 5) is 19.2. The van der Waals surface area contributed by atoms with Gasteiger partial charge in [0.2, 0.25) is 0 Å². The average Bonchev–Trinajstić information content (AvgIpc) is 1.89. The Bertz CT molecular complexity index is 148. The molecule has 0 radical (unpaired) electrons. The van der Waals surface area contributed by atoms with Gasteiger partial charge in [0.1, 0.15) is 6.61 Å². The van der Waals surface area contributed by atoms with Gasteiger partial charge in [-0.2, -0.15) is 0 Å². The lowest BCUT2D eigenvalue weighted by Crippen LogP contribution is -1.93. The van der Waals surface area contributed by atoms with E-state index in [1.807, 2.05) is 0 Å². The monoisotopic (exact) mass is 160 g/mol. The zero-order chi connectivity index (χ0) is 9.44. The third kappa shape index (κ3) is 17.7. The molecule has 0 heterocycles. The molecule has 0 aliphatic carbocycles. The molecule has 0 saturated heterocycles. The fourth-order valence-corrected chi connectivity index (χ4v) is 0. The van der Waals surface area contributed by atoms with Crippen LogP contribution in [0.4, 0.5) is 0 Å². The molecule has 0 rings (SSSR count). The van der Waals surface area contributed by atoms with Crippen molar-refractivity contribution >= 4 is 11.8 Å². The van der Waals surface area contributed by atoms with Gasteiger partial charge in [0.25, 0.3) is 0 Å². The molecular formula is C7H12O4. The SMILES string of the molecule is C=C(C)C(=O)O.CC(=O)CO. The molecule has 2 N–H and O–H groups in total. The summed E-state index contributed by atoms with van der Waals surface area (Å²) in [5, 5.41) is 15.7. The maximum atomic E-state index is 9.60. The van der Waals surface area contributed by atoms with Crippen molar-refractivity contribution in [2.24, 2.45) is 0 Å². The number of hydrogen-bond acceptors (Lipinski definition) is 3. The summed E-state index contributed by atoms with van der Waals surface area (Å²) in [5.74, 6) is -1.12. The topological polar surface area (TPSA) is 74.6 Å². The molecule has 0 atom stereocenters. The van der Waals surface area contributed by atoms with Crippen LogP contribution in [-0.4, -0.2) is 28.6 Å². The molecule has 0 aliphatic rings. The maximum absolute atomic E-state index is 9.60. The largest absolute Gasteiger partial charge is 0.478 e. The van der Waals surface area contributed by atoms with Crippen molar-refractivity contribution in [2.75, 3.05) is 6.61 Å². The second kappa shape index (κ2) is 6.95. The maximum Gasteiger partial charge on any atom is 0.330 e. The van der Waals surface area contributed by atoms with Crippen molar-refractivity contribution in [1.82, 2.24) is 0 Å². The van der Waals surface area contributed by atoms with Crippen LogP contribution in [0.3, 0.4) is 0 Å². The van der Waals surface area contributed by atoms with Gasteiger partial charge in [0.05, 0.1) is 0 Å². The van der Waals surface area contributed by atoms with E-state index in [4.69, 9.17) is 10.2 Å². The zero-order valence-corrected chi connectivity index (χ0v) is 6.63. The van der Waals surface area contributed by atoms with Crippen molar-refractivity contribution in [3.63, 3.8) is 0 Å². The third-order valence-electron chi connectivity index (χ3n) is 0.588. The predicted molar refractivity (Wildman–Crippen MR) is 40.2 cm³/mol. The summed E-state index contributed by atoms with van der Waals surface area (Å²) < 4.78 is 0. The second-order valence-corrected chi connectivity index (χ2v) is 1.95. The predicted octanol–water partition coefficient (Wildman–Crippen LogP) is 0.215. The lowest BCUT2D eigenvalue weighted by Gasteiger charge is -1.79. The number of rotatable bonds is 2. The molecule has 0 aromatic carbocycles. The number of carboxylic acid groups (broad SMARTS) is 1. The first-order valence-corrected chi connectivity index (χ1v) is 2.91. The molecule has 0 fully saturated rings. The van der Waals surface area contributed by atoms with Crippen LogP contribution >= 0.6 is 0 Å².